The Morgan fingerprint density at radius 1 is 1.47 bits per heavy atom. The molecule has 17 heavy (non-hydrogen) atoms. The molecule has 2 aromatic rings. The number of carbonyl (C=O) groups is 1. The van der Waals surface area contributed by atoms with Gasteiger partial charge in [0.05, 0.1) is 7.11 Å². The zero-order chi connectivity index (χ0) is 12.4. The first kappa shape index (κ1) is 11.6. The van der Waals surface area contributed by atoms with Crippen LogP contribution in [0.1, 0.15) is 16.1 Å². The summed E-state index contributed by atoms with van der Waals surface area (Å²) in [6.07, 6.45) is 0. The maximum absolute atomic E-state index is 10.8. The fourth-order valence-electron chi connectivity index (χ4n) is 1.50. The molecule has 2 rings (SSSR count). The first-order chi connectivity index (χ1) is 8.11. The number of aromatic nitrogens is 1. The van der Waals surface area contributed by atoms with Gasteiger partial charge in [-0.2, -0.15) is 0 Å². The van der Waals surface area contributed by atoms with Crippen LogP contribution in [0, 0.1) is 6.92 Å². The third kappa shape index (κ3) is 2.29. The van der Waals surface area contributed by atoms with Crippen LogP contribution in [-0.4, -0.2) is 23.2 Å². The topological polar surface area (TPSA) is 59.4 Å². The molecule has 0 fully saturated rings. The summed E-state index contributed by atoms with van der Waals surface area (Å²) in [5.41, 5.74) is 2.03. The second-order valence-corrected chi connectivity index (χ2v) is 4.38. The molecule has 0 radical (unpaired) electrons. The van der Waals surface area contributed by atoms with Crippen LogP contribution in [0.2, 0.25) is 0 Å². The normalized spacial score (nSPS) is 10.2. The summed E-state index contributed by atoms with van der Waals surface area (Å²) >= 11 is 1.33. The lowest BCUT2D eigenvalue weighted by Gasteiger charge is -2.05. The molecule has 0 atom stereocenters. The molecule has 0 unspecified atom stereocenters. The van der Waals surface area contributed by atoms with E-state index in [0.717, 1.165) is 16.9 Å². The van der Waals surface area contributed by atoms with Gasteiger partial charge in [-0.25, -0.2) is 9.78 Å². The number of carboxylic acids is 1. The number of thiazole rings is 1. The van der Waals surface area contributed by atoms with Gasteiger partial charge in [0.15, 0.2) is 5.69 Å². The number of nitrogens with zero attached hydrogens (tertiary/aromatic N) is 1. The Morgan fingerprint density at radius 2 is 2.24 bits per heavy atom. The summed E-state index contributed by atoms with van der Waals surface area (Å²) in [6, 6.07) is 5.62. The molecule has 0 bridgehead atoms. The highest BCUT2D eigenvalue weighted by Gasteiger charge is 2.11. The van der Waals surface area contributed by atoms with E-state index in [4.69, 9.17) is 9.84 Å². The number of hydrogen-bond donors (Lipinski definition) is 1. The van der Waals surface area contributed by atoms with Gasteiger partial charge in [0.25, 0.3) is 0 Å². The molecule has 0 amide bonds. The molecular formula is C12H11NO3S. The van der Waals surface area contributed by atoms with Crippen molar-refractivity contribution in [2.24, 2.45) is 0 Å². The van der Waals surface area contributed by atoms with Crippen LogP contribution in [0.15, 0.2) is 23.6 Å². The molecule has 1 aromatic carbocycles. The lowest BCUT2D eigenvalue weighted by Crippen LogP contribution is -1.96. The number of hydrogen-bond acceptors (Lipinski definition) is 4. The van der Waals surface area contributed by atoms with E-state index >= 15 is 0 Å². The van der Waals surface area contributed by atoms with Crippen molar-refractivity contribution in [2.75, 3.05) is 7.11 Å². The molecule has 1 N–H and O–H groups in total. The van der Waals surface area contributed by atoms with Crippen molar-refractivity contribution in [1.82, 2.24) is 4.98 Å². The van der Waals surface area contributed by atoms with E-state index in [1.807, 2.05) is 25.1 Å². The number of aryl methyl sites for hydroxylation is 1. The van der Waals surface area contributed by atoms with Gasteiger partial charge in [-0.15, -0.1) is 11.3 Å². The second-order valence-electron chi connectivity index (χ2n) is 3.52. The maximum Gasteiger partial charge on any atom is 0.355 e. The highest BCUT2D eigenvalue weighted by molar-refractivity contribution is 7.13. The highest BCUT2D eigenvalue weighted by Crippen LogP contribution is 2.29. The molecule has 88 valence electrons. The van der Waals surface area contributed by atoms with Crippen LogP contribution in [0.25, 0.3) is 10.6 Å². The Hall–Kier alpha value is -1.88. The van der Waals surface area contributed by atoms with Crippen molar-refractivity contribution >= 4 is 17.3 Å². The highest BCUT2D eigenvalue weighted by atomic mass is 32.1. The number of aromatic carboxylic acids is 1. The molecule has 0 aliphatic heterocycles. The van der Waals surface area contributed by atoms with Crippen LogP contribution >= 0.6 is 11.3 Å². The van der Waals surface area contributed by atoms with Gasteiger partial charge in [-0.1, -0.05) is 0 Å². The largest absolute Gasteiger partial charge is 0.497 e. The van der Waals surface area contributed by atoms with Crippen molar-refractivity contribution in [3.05, 3.63) is 34.8 Å². The summed E-state index contributed by atoms with van der Waals surface area (Å²) in [7, 11) is 1.61. The Bertz CT molecular complexity index is 563. The maximum atomic E-state index is 10.8. The number of rotatable bonds is 3. The fraction of sp³-hybridized carbons (Fsp3) is 0.167. The average molecular weight is 249 g/mol. The van der Waals surface area contributed by atoms with Gasteiger partial charge in [-0.3, -0.25) is 0 Å². The molecule has 5 heteroatoms. The lowest BCUT2D eigenvalue weighted by atomic mass is 10.1. The van der Waals surface area contributed by atoms with Gasteiger partial charge in [-0.05, 0) is 30.7 Å². The van der Waals surface area contributed by atoms with E-state index in [-0.39, 0.29) is 5.69 Å². The molecule has 0 aliphatic carbocycles. The average Bonchev–Trinajstić information content (AvgIpc) is 2.78. The van der Waals surface area contributed by atoms with E-state index < -0.39 is 5.97 Å². The Kier molecular flexibility index (Phi) is 3.10. The molecule has 1 aromatic heterocycles. The molecule has 0 saturated carbocycles. The van der Waals surface area contributed by atoms with E-state index in [1.165, 1.54) is 11.3 Å². The first-order valence-corrected chi connectivity index (χ1v) is 5.83. The van der Waals surface area contributed by atoms with Crippen molar-refractivity contribution < 1.29 is 14.6 Å². The minimum absolute atomic E-state index is 0.0835. The standard InChI is InChI=1S/C12H11NO3S/c1-7-5-8(16-2)3-4-9(7)11-13-10(6-17-11)12(14)15/h3-6H,1-2H3,(H,14,15). The summed E-state index contributed by atoms with van der Waals surface area (Å²) < 4.78 is 5.12. The lowest BCUT2D eigenvalue weighted by molar-refractivity contribution is 0.0691. The molecular weight excluding hydrogens is 238 g/mol. The molecule has 0 saturated heterocycles. The summed E-state index contributed by atoms with van der Waals surface area (Å²) in [6.45, 7) is 1.94. The smallest absolute Gasteiger partial charge is 0.355 e. The Morgan fingerprint density at radius 3 is 2.76 bits per heavy atom. The zero-order valence-electron chi connectivity index (χ0n) is 9.43. The quantitative estimate of drug-likeness (QED) is 0.908. The van der Waals surface area contributed by atoms with Gasteiger partial charge in [0, 0.05) is 10.9 Å². The Balaban J connectivity index is 2.42. The molecule has 0 aliphatic rings. The van der Waals surface area contributed by atoms with Crippen molar-refractivity contribution in [1.29, 1.82) is 0 Å². The van der Waals surface area contributed by atoms with Gasteiger partial charge >= 0.3 is 5.97 Å². The van der Waals surface area contributed by atoms with Gasteiger partial charge in [0.1, 0.15) is 10.8 Å². The van der Waals surface area contributed by atoms with Crippen LogP contribution in [0.5, 0.6) is 5.75 Å². The number of methoxy groups -OCH3 is 1. The molecule has 0 spiro atoms. The first-order valence-electron chi connectivity index (χ1n) is 4.95. The van der Waals surface area contributed by atoms with E-state index in [1.54, 1.807) is 12.5 Å². The summed E-state index contributed by atoms with van der Waals surface area (Å²) in [5, 5.41) is 11.1. The van der Waals surface area contributed by atoms with E-state index in [9.17, 15) is 4.79 Å². The van der Waals surface area contributed by atoms with Crippen LogP contribution < -0.4 is 4.74 Å². The number of carboxylic acid groups (broad SMARTS) is 1. The van der Waals surface area contributed by atoms with Crippen molar-refractivity contribution in [3.63, 3.8) is 0 Å². The zero-order valence-corrected chi connectivity index (χ0v) is 10.2. The predicted octanol–water partition coefficient (Wildman–Crippen LogP) is 2.83. The Labute approximate surface area is 103 Å². The van der Waals surface area contributed by atoms with Gasteiger partial charge in [0.2, 0.25) is 0 Å². The third-order valence-electron chi connectivity index (χ3n) is 2.39. The minimum atomic E-state index is -1.00. The van der Waals surface area contributed by atoms with Crippen molar-refractivity contribution in [3.8, 4) is 16.3 Å². The van der Waals surface area contributed by atoms with E-state index in [0.29, 0.717) is 5.01 Å². The molecule has 4 nitrogen and oxygen atoms in total. The van der Waals surface area contributed by atoms with Crippen LogP contribution in [0.3, 0.4) is 0 Å². The summed E-state index contributed by atoms with van der Waals surface area (Å²) in [4.78, 5) is 14.8. The molecule has 1 heterocycles. The van der Waals surface area contributed by atoms with Crippen LogP contribution in [0.4, 0.5) is 0 Å². The van der Waals surface area contributed by atoms with Crippen molar-refractivity contribution in [2.45, 2.75) is 6.92 Å². The number of ether oxygens (including phenoxy) is 1. The van der Waals surface area contributed by atoms with Crippen LogP contribution in [-0.2, 0) is 0 Å². The SMILES string of the molecule is COc1ccc(-c2nc(C(=O)O)cs2)c(C)c1. The minimum Gasteiger partial charge on any atom is -0.497 e. The monoisotopic (exact) mass is 249 g/mol. The predicted molar refractivity (Wildman–Crippen MR) is 65.8 cm³/mol. The summed E-state index contributed by atoms with van der Waals surface area (Å²) in [5.74, 6) is -0.222. The number of benzene rings is 1. The third-order valence-corrected chi connectivity index (χ3v) is 3.26. The van der Waals surface area contributed by atoms with Gasteiger partial charge < -0.3 is 9.84 Å². The van der Waals surface area contributed by atoms with E-state index in [2.05, 4.69) is 4.98 Å². The fourth-order valence-corrected chi connectivity index (χ4v) is 2.38. The second kappa shape index (κ2) is 4.55.